The van der Waals surface area contributed by atoms with Gasteiger partial charge in [-0.15, -0.1) is 0 Å². The van der Waals surface area contributed by atoms with E-state index in [1.165, 1.54) is 11.3 Å². The number of rotatable bonds is 1. The number of hydrogen-bond acceptors (Lipinski definition) is 4. The molecule has 4 heterocycles. The maximum atomic E-state index is 13.4. The van der Waals surface area contributed by atoms with Crippen LogP contribution in [0.5, 0.6) is 0 Å². The molecule has 1 aromatic heterocycles. The molecule has 2 aromatic carbocycles. The molecule has 3 aromatic rings. The second-order valence-electron chi connectivity index (χ2n) is 7.88. The fourth-order valence-corrected chi connectivity index (χ4v) is 5.31. The van der Waals surface area contributed by atoms with E-state index in [1.54, 1.807) is 0 Å². The van der Waals surface area contributed by atoms with Gasteiger partial charge >= 0.3 is 0 Å². The van der Waals surface area contributed by atoms with Crippen molar-refractivity contribution in [1.82, 2.24) is 0 Å². The van der Waals surface area contributed by atoms with Gasteiger partial charge in [0.15, 0.2) is 11.4 Å². The lowest BCUT2D eigenvalue weighted by molar-refractivity contribution is -0.0314. The number of ketones is 1. The van der Waals surface area contributed by atoms with E-state index in [0.29, 0.717) is 5.76 Å². The Morgan fingerprint density at radius 1 is 1.00 bits per heavy atom. The van der Waals surface area contributed by atoms with Crippen LogP contribution in [0.25, 0.3) is 11.3 Å². The smallest absolute Gasteiger partial charge is 0.231 e. The summed E-state index contributed by atoms with van der Waals surface area (Å²) in [5.41, 5.74) is 3.40. The Balaban J connectivity index is 1.55. The highest BCUT2D eigenvalue weighted by Crippen LogP contribution is 2.61. The van der Waals surface area contributed by atoms with Gasteiger partial charge in [-0.25, -0.2) is 0 Å². The number of fused-ring (bicyclic) bond motifs is 9. The van der Waals surface area contributed by atoms with Gasteiger partial charge in [0, 0.05) is 29.8 Å². The summed E-state index contributed by atoms with van der Waals surface area (Å²) in [7, 11) is 2.06. The molecule has 3 aliphatic rings. The lowest BCUT2D eigenvalue weighted by atomic mass is 9.85. The number of ether oxygens (including phenoxy) is 1. The van der Waals surface area contributed by atoms with E-state index < -0.39 is 5.60 Å². The summed E-state index contributed by atoms with van der Waals surface area (Å²) in [5.74, 6) is 1.27. The van der Waals surface area contributed by atoms with Gasteiger partial charge < -0.3 is 14.1 Å². The highest BCUT2D eigenvalue weighted by Gasteiger charge is 2.66. The Hall–Kier alpha value is -2.85. The van der Waals surface area contributed by atoms with Crippen LogP contribution in [0.2, 0.25) is 0 Å². The van der Waals surface area contributed by atoms with E-state index in [-0.39, 0.29) is 23.8 Å². The quantitative estimate of drug-likeness (QED) is 0.640. The van der Waals surface area contributed by atoms with Gasteiger partial charge in [0.05, 0.1) is 12.1 Å². The van der Waals surface area contributed by atoms with Crippen molar-refractivity contribution in [2.75, 3.05) is 11.9 Å². The summed E-state index contributed by atoms with van der Waals surface area (Å²) in [6.45, 7) is 1.92. The SMILES string of the molecule is CN1c2ccccc2[C@@H]2[C@H]1[C@]1(C)O[C@H]2c2cc(-c3ccccc3)oc2C1=O. The fourth-order valence-electron chi connectivity index (χ4n) is 5.31. The van der Waals surface area contributed by atoms with E-state index in [4.69, 9.17) is 9.15 Å². The summed E-state index contributed by atoms with van der Waals surface area (Å²) in [6, 6.07) is 20.3. The van der Waals surface area contributed by atoms with Crippen molar-refractivity contribution in [2.24, 2.45) is 0 Å². The van der Waals surface area contributed by atoms with Crippen LogP contribution in [0, 0.1) is 0 Å². The van der Waals surface area contributed by atoms with Crippen LogP contribution >= 0.6 is 0 Å². The molecule has 0 saturated carbocycles. The molecular weight excluding hydrogens is 338 g/mol. The molecule has 3 aliphatic heterocycles. The third-order valence-corrected chi connectivity index (χ3v) is 6.48. The molecular formula is C23H19NO3. The topological polar surface area (TPSA) is 42.7 Å². The number of likely N-dealkylation sites (N-methyl/N-ethyl adjacent to an activating group) is 1. The van der Waals surface area contributed by atoms with E-state index in [1.807, 2.05) is 49.4 Å². The molecule has 6 rings (SSSR count). The molecule has 134 valence electrons. The van der Waals surface area contributed by atoms with Crippen molar-refractivity contribution >= 4 is 11.5 Å². The predicted octanol–water partition coefficient (Wildman–Crippen LogP) is 4.58. The number of carbonyl (C=O) groups excluding carboxylic acids is 1. The molecule has 4 nitrogen and oxygen atoms in total. The van der Waals surface area contributed by atoms with Crippen LogP contribution in [0.15, 0.2) is 65.1 Å². The standard InChI is InChI=1S/C23H19NO3/c1-23-21-18(14-10-6-7-11-16(14)24(21)2)19(27-23)15-12-17(26-20(15)22(23)25)13-8-4-3-5-9-13/h3-12,18-19,21H,1-2H3/t18-,19-,21-,23-/m0/s1. The Morgan fingerprint density at radius 2 is 1.74 bits per heavy atom. The Kier molecular flexibility index (Phi) is 2.76. The summed E-state index contributed by atoms with van der Waals surface area (Å²) >= 11 is 0. The monoisotopic (exact) mass is 357 g/mol. The normalized spacial score (nSPS) is 30.2. The number of nitrogens with zero attached hydrogens (tertiary/aromatic N) is 1. The number of carbonyl (C=O) groups is 1. The van der Waals surface area contributed by atoms with Crippen LogP contribution in [0.3, 0.4) is 0 Å². The van der Waals surface area contributed by atoms with Crippen molar-refractivity contribution < 1.29 is 13.9 Å². The van der Waals surface area contributed by atoms with Gasteiger partial charge in [0.2, 0.25) is 5.78 Å². The first-order chi connectivity index (χ1) is 13.1. The lowest BCUT2D eigenvalue weighted by Gasteiger charge is -2.35. The zero-order chi connectivity index (χ0) is 18.3. The molecule has 1 fully saturated rings. The predicted molar refractivity (Wildman–Crippen MR) is 102 cm³/mol. The van der Waals surface area contributed by atoms with Crippen molar-refractivity contribution in [3.05, 3.63) is 77.6 Å². The molecule has 0 unspecified atom stereocenters. The van der Waals surface area contributed by atoms with E-state index in [2.05, 4.69) is 30.1 Å². The number of Topliss-reactive ketones (excluding diaryl/α,β-unsaturated/α-hetero) is 1. The summed E-state index contributed by atoms with van der Waals surface area (Å²) in [5, 5.41) is 0. The Labute approximate surface area is 157 Å². The first-order valence-electron chi connectivity index (χ1n) is 9.33. The molecule has 27 heavy (non-hydrogen) atoms. The van der Waals surface area contributed by atoms with Crippen molar-refractivity contribution in [3.63, 3.8) is 0 Å². The maximum Gasteiger partial charge on any atom is 0.231 e. The molecule has 0 aliphatic carbocycles. The number of anilines is 1. The van der Waals surface area contributed by atoms with Crippen LogP contribution in [0.4, 0.5) is 5.69 Å². The molecule has 0 N–H and O–H groups in total. The van der Waals surface area contributed by atoms with Crippen LogP contribution in [-0.4, -0.2) is 24.5 Å². The van der Waals surface area contributed by atoms with E-state index >= 15 is 0 Å². The minimum absolute atomic E-state index is 0.0184. The second-order valence-corrected chi connectivity index (χ2v) is 7.88. The second kappa shape index (κ2) is 4.90. The Morgan fingerprint density at radius 3 is 2.56 bits per heavy atom. The van der Waals surface area contributed by atoms with Gasteiger partial charge in [-0.05, 0) is 24.6 Å². The first kappa shape index (κ1) is 15.2. The largest absolute Gasteiger partial charge is 0.452 e. The van der Waals surface area contributed by atoms with Crippen LogP contribution < -0.4 is 4.90 Å². The summed E-state index contributed by atoms with van der Waals surface area (Å²) < 4.78 is 12.5. The van der Waals surface area contributed by atoms with Gasteiger partial charge in [-0.2, -0.15) is 0 Å². The van der Waals surface area contributed by atoms with Crippen LogP contribution in [0.1, 0.15) is 40.6 Å². The lowest BCUT2D eigenvalue weighted by Crippen LogP contribution is -2.52. The maximum absolute atomic E-state index is 13.4. The number of benzene rings is 2. The zero-order valence-corrected chi connectivity index (χ0v) is 15.2. The van der Waals surface area contributed by atoms with E-state index in [0.717, 1.165) is 16.9 Å². The Bertz CT molecular complexity index is 1090. The number of hydrogen-bond donors (Lipinski definition) is 0. The third-order valence-electron chi connectivity index (χ3n) is 6.48. The van der Waals surface area contributed by atoms with Gasteiger partial charge in [0.25, 0.3) is 0 Å². The molecule has 4 heteroatoms. The summed E-state index contributed by atoms with van der Waals surface area (Å²) in [4.78, 5) is 15.6. The molecule has 1 saturated heterocycles. The summed E-state index contributed by atoms with van der Waals surface area (Å²) in [6.07, 6.45) is -0.167. The highest BCUT2D eigenvalue weighted by atomic mass is 16.5. The third kappa shape index (κ3) is 1.74. The average molecular weight is 357 g/mol. The van der Waals surface area contributed by atoms with Gasteiger partial charge in [-0.1, -0.05) is 48.5 Å². The first-order valence-corrected chi connectivity index (χ1v) is 9.33. The van der Waals surface area contributed by atoms with Gasteiger partial charge in [0.1, 0.15) is 5.76 Å². The van der Waals surface area contributed by atoms with Crippen LogP contribution in [-0.2, 0) is 4.74 Å². The van der Waals surface area contributed by atoms with Crippen molar-refractivity contribution in [2.45, 2.75) is 30.6 Å². The minimum Gasteiger partial charge on any atom is -0.452 e. The van der Waals surface area contributed by atoms with Crippen molar-refractivity contribution in [3.8, 4) is 11.3 Å². The molecule has 4 atom stereocenters. The van der Waals surface area contributed by atoms with Gasteiger partial charge in [-0.3, -0.25) is 4.79 Å². The fraction of sp³-hybridized carbons (Fsp3) is 0.261. The highest BCUT2D eigenvalue weighted by molar-refractivity contribution is 6.05. The number of para-hydroxylation sites is 1. The average Bonchev–Trinajstić information content (AvgIpc) is 3.34. The minimum atomic E-state index is -0.901. The zero-order valence-electron chi connectivity index (χ0n) is 15.2. The number of furan rings is 1. The molecule has 0 amide bonds. The van der Waals surface area contributed by atoms with E-state index in [9.17, 15) is 4.79 Å². The molecule has 2 bridgehead atoms. The molecule has 0 spiro atoms. The van der Waals surface area contributed by atoms with Crippen molar-refractivity contribution in [1.29, 1.82) is 0 Å². The molecule has 0 radical (unpaired) electrons.